The second-order valence-corrected chi connectivity index (χ2v) is 4.93. The molecule has 1 aromatic rings. The monoisotopic (exact) mass is 282 g/mol. The first-order chi connectivity index (χ1) is 9.52. The summed E-state index contributed by atoms with van der Waals surface area (Å²) in [4.78, 5) is 15.4. The summed E-state index contributed by atoms with van der Waals surface area (Å²) in [6, 6.07) is 4.34. The fraction of sp³-hybridized carbons (Fsp3) is 0.500. The number of anilines is 1. The van der Waals surface area contributed by atoms with E-state index in [-0.39, 0.29) is 5.56 Å². The molecule has 0 aromatic heterocycles. The molecule has 0 aliphatic carbocycles. The molecule has 1 heterocycles. The van der Waals surface area contributed by atoms with Crippen LogP contribution in [0.5, 0.6) is 0 Å². The standard InChI is InChI=1S/C14H19FN2O3/c1-16-5-7-17(8-6-16)12-4-3-10(9-11(12)15)13(18)14(19)20-2/h3-4,9,13,18H,5-8H2,1-2H3. The van der Waals surface area contributed by atoms with Crippen molar-refractivity contribution in [2.75, 3.05) is 45.2 Å². The van der Waals surface area contributed by atoms with Gasteiger partial charge in [-0.05, 0) is 24.7 Å². The Morgan fingerprint density at radius 3 is 2.55 bits per heavy atom. The molecule has 5 nitrogen and oxygen atoms in total. The summed E-state index contributed by atoms with van der Waals surface area (Å²) in [5, 5.41) is 9.69. The number of carbonyl (C=O) groups is 1. The van der Waals surface area contributed by atoms with E-state index >= 15 is 0 Å². The maximum absolute atomic E-state index is 14.1. The Hall–Kier alpha value is -1.66. The van der Waals surface area contributed by atoms with Crippen LogP contribution in [0, 0.1) is 5.82 Å². The van der Waals surface area contributed by atoms with Gasteiger partial charge < -0.3 is 19.6 Å². The van der Waals surface area contributed by atoms with Gasteiger partial charge in [-0.1, -0.05) is 6.07 Å². The molecule has 1 aliphatic heterocycles. The molecule has 1 fully saturated rings. The van der Waals surface area contributed by atoms with E-state index in [1.807, 2.05) is 11.9 Å². The number of hydrogen-bond donors (Lipinski definition) is 1. The van der Waals surface area contributed by atoms with Crippen molar-refractivity contribution in [2.45, 2.75) is 6.10 Å². The molecule has 0 bridgehead atoms. The Morgan fingerprint density at radius 1 is 1.35 bits per heavy atom. The summed E-state index contributed by atoms with van der Waals surface area (Å²) in [5.41, 5.74) is 0.700. The summed E-state index contributed by atoms with van der Waals surface area (Å²) < 4.78 is 18.6. The van der Waals surface area contributed by atoms with E-state index in [1.54, 1.807) is 12.1 Å². The van der Waals surface area contributed by atoms with Crippen LogP contribution in [0.4, 0.5) is 10.1 Å². The number of benzene rings is 1. The van der Waals surface area contributed by atoms with Crippen LogP contribution in [-0.4, -0.2) is 56.3 Å². The molecule has 0 radical (unpaired) electrons. The maximum Gasteiger partial charge on any atom is 0.339 e. The molecule has 0 spiro atoms. The molecule has 1 unspecified atom stereocenters. The molecule has 20 heavy (non-hydrogen) atoms. The van der Waals surface area contributed by atoms with Gasteiger partial charge in [0.25, 0.3) is 0 Å². The number of ether oxygens (including phenoxy) is 1. The Balaban J connectivity index is 2.15. The first kappa shape index (κ1) is 14.7. The fourth-order valence-corrected chi connectivity index (χ4v) is 2.24. The average molecular weight is 282 g/mol. The van der Waals surface area contributed by atoms with Crippen molar-refractivity contribution < 1.29 is 19.0 Å². The number of hydrogen-bond acceptors (Lipinski definition) is 5. The van der Waals surface area contributed by atoms with Crippen molar-refractivity contribution in [3.63, 3.8) is 0 Å². The number of halogens is 1. The third-order valence-corrected chi connectivity index (χ3v) is 3.56. The lowest BCUT2D eigenvalue weighted by Gasteiger charge is -2.34. The van der Waals surface area contributed by atoms with Crippen molar-refractivity contribution in [2.24, 2.45) is 0 Å². The highest BCUT2D eigenvalue weighted by Gasteiger charge is 2.22. The van der Waals surface area contributed by atoms with Gasteiger partial charge in [0, 0.05) is 26.2 Å². The fourth-order valence-electron chi connectivity index (χ4n) is 2.24. The average Bonchev–Trinajstić information content (AvgIpc) is 2.46. The zero-order valence-electron chi connectivity index (χ0n) is 11.7. The summed E-state index contributed by atoms with van der Waals surface area (Å²) >= 11 is 0. The van der Waals surface area contributed by atoms with Gasteiger partial charge in [0.2, 0.25) is 0 Å². The molecular formula is C14H19FN2O3. The predicted octanol–water partition coefficient (Wildman–Crippen LogP) is 0.784. The van der Waals surface area contributed by atoms with Gasteiger partial charge in [-0.3, -0.25) is 0 Å². The molecule has 0 amide bonds. The number of nitrogens with zero attached hydrogens (tertiary/aromatic N) is 2. The topological polar surface area (TPSA) is 53.0 Å². The van der Waals surface area contributed by atoms with Gasteiger partial charge in [0.05, 0.1) is 12.8 Å². The molecule has 1 aliphatic rings. The van der Waals surface area contributed by atoms with Gasteiger partial charge in [-0.15, -0.1) is 0 Å². The highest BCUT2D eigenvalue weighted by atomic mass is 19.1. The Morgan fingerprint density at radius 2 is 2.00 bits per heavy atom. The molecule has 1 atom stereocenters. The van der Waals surface area contributed by atoms with Crippen molar-refractivity contribution >= 4 is 11.7 Å². The summed E-state index contributed by atoms with van der Waals surface area (Å²) in [5.74, 6) is -1.23. The summed E-state index contributed by atoms with van der Waals surface area (Å²) in [6.07, 6.45) is -1.45. The summed E-state index contributed by atoms with van der Waals surface area (Å²) in [7, 11) is 3.21. The zero-order valence-corrected chi connectivity index (χ0v) is 11.7. The van der Waals surface area contributed by atoms with Crippen molar-refractivity contribution in [1.29, 1.82) is 0 Å². The zero-order chi connectivity index (χ0) is 14.7. The van der Waals surface area contributed by atoms with Gasteiger partial charge in [-0.2, -0.15) is 0 Å². The molecule has 6 heteroatoms. The van der Waals surface area contributed by atoms with E-state index in [0.29, 0.717) is 5.69 Å². The molecule has 1 saturated heterocycles. The van der Waals surface area contributed by atoms with Gasteiger partial charge >= 0.3 is 5.97 Å². The number of methoxy groups -OCH3 is 1. The highest BCUT2D eigenvalue weighted by molar-refractivity contribution is 5.76. The largest absolute Gasteiger partial charge is 0.467 e. The first-order valence-electron chi connectivity index (χ1n) is 6.51. The number of likely N-dealkylation sites (N-methyl/N-ethyl adjacent to an activating group) is 1. The third kappa shape index (κ3) is 3.08. The smallest absolute Gasteiger partial charge is 0.339 e. The molecule has 2 rings (SSSR count). The highest BCUT2D eigenvalue weighted by Crippen LogP contribution is 2.25. The quantitative estimate of drug-likeness (QED) is 0.831. The van der Waals surface area contributed by atoms with Crippen LogP contribution in [0.15, 0.2) is 18.2 Å². The van der Waals surface area contributed by atoms with Gasteiger partial charge in [-0.25, -0.2) is 9.18 Å². The second-order valence-electron chi connectivity index (χ2n) is 4.93. The number of aliphatic hydroxyl groups excluding tert-OH is 1. The van der Waals surface area contributed by atoms with Crippen LogP contribution < -0.4 is 4.90 Å². The first-order valence-corrected chi connectivity index (χ1v) is 6.51. The van der Waals surface area contributed by atoms with E-state index in [9.17, 15) is 14.3 Å². The molecule has 0 saturated carbocycles. The maximum atomic E-state index is 14.1. The Labute approximate surface area is 117 Å². The molecule has 1 aromatic carbocycles. The SMILES string of the molecule is COC(=O)C(O)c1ccc(N2CCN(C)CC2)c(F)c1. The number of aliphatic hydroxyl groups is 1. The predicted molar refractivity (Wildman–Crippen MR) is 73.1 cm³/mol. The minimum absolute atomic E-state index is 0.201. The van der Waals surface area contributed by atoms with Crippen molar-refractivity contribution in [3.05, 3.63) is 29.6 Å². The van der Waals surface area contributed by atoms with E-state index in [4.69, 9.17) is 0 Å². The normalized spacial score (nSPS) is 17.9. The lowest BCUT2D eigenvalue weighted by molar-refractivity contribution is -0.150. The molecule has 1 N–H and O–H groups in total. The van der Waals surface area contributed by atoms with Crippen LogP contribution in [0.2, 0.25) is 0 Å². The molecule has 110 valence electrons. The van der Waals surface area contributed by atoms with Crippen LogP contribution >= 0.6 is 0 Å². The summed E-state index contributed by atoms with van der Waals surface area (Å²) in [6.45, 7) is 3.27. The van der Waals surface area contributed by atoms with Crippen LogP contribution in [0.25, 0.3) is 0 Å². The lowest BCUT2D eigenvalue weighted by Crippen LogP contribution is -2.44. The number of rotatable bonds is 3. The Kier molecular flexibility index (Phi) is 4.57. The van der Waals surface area contributed by atoms with Crippen molar-refractivity contribution in [3.8, 4) is 0 Å². The number of carbonyl (C=O) groups excluding carboxylic acids is 1. The number of esters is 1. The van der Waals surface area contributed by atoms with Gasteiger partial charge in [0.15, 0.2) is 6.10 Å². The van der Waals surface area contributed by atoms with E-state index in [0.717, 1.165) is 26.2 Å². The Bertz CT molecular complexity index is 487. The van der Waals surface area contributed by atoms with Crippen LogP contribution in [-0.2, 0) is 9.53 Å². The lowest BCUT2D eigenvalue weighted by atomic mass is 10.1. The van der Waals surface area contributed by atoms with E-state index < -0.39 is 17.9 Å². The van der Waals surface area contributed by atoms with Crippen LogP contribution in [0.3, 0.4) is 0 Å². The molecular weight excluding hydrogens is 263 g/mol. The van der Waals surface area contributed by atoms with E-state index in [2.05, 4.69) is 9.64 Å². The number of piperazine rings is 1. The van der Waals surface area contributed by atoms with Crippen molar-refractivity contribution in [1.82, 2.24) is 4.90 Å². The van der Waals surface area contributed by atoms with E-state index in [1.165, 1.54) is 13.2 Å². The van der Waals surface area contributed by atoms with Crippen LogP contribution in [0.1, 0.15) is 11.7 Å². The minimum atomic E-state index is -1.45. The minimum Gasteiger partial charge on any atom is -0.467 e. The third-order valence-electron chi connectivity index (χ3n) is 3.56. The van der Waals surface area contributed by atoms with Gasteiger partial charge in [0.1, 0.15) is 5.82 Å². The second kappa shape index (κ2) is 6.19.